The number of ether oxygens (including phenoxy) is 1. The SMILES string of the molecule is CC(=O)CC1(C(Cl)(Cl)Cl)CO1. The number of Topliss-reactive ketones (excluding diaryl/α,β-unsaturated/α-hetero) is 1. The third-order valence-electron chi connectivity index (χ3n) is 1.54. The van der Waals surface area contributed by atoms with Gasteiger partial charge in [0.05, 0.1) is 6.61 Å². The second kappa shape index (κ2) is 2.77. The van der Waals surface area contributed by atoms with E-state index in [4.69, 9.17) is 39.5 Å². The first kappa shape index (κ1) is 9.59. The van der Waals surface area contributed by atoms with Crippen molar-refractivity contribution in [2.75, 3.05) is 6.61 Å². The van der Waals surface area contributed by atoms with Crippen molar-refractivity contribution in [2.45, 2.75) is 22.7 Å². The van der Waals surface area contributed by atoms with Gasteiger partial charge in [0.15, 0.2) is 0 Å². The van der Waals surface area contributed by atoms with Crippen LogP contribution in [0.5, 0.6) is 0 Å². The monoisotopic (exact) mass is 216 g/mol. The standard InChI is InChI=1S/C6H7Cl3O2/c1-4(10)2-5(3-11-5)6(7,8)9/h2-3H2,1H3. The lowest BCUT2D eigenvalue weighted by Crippen LogP contribution is -2.31. The van der Waals surface area contributed by atoms with Crippen LogP contribution in [0.15, 0.2) is 0 Å². The molecule has 5 heteroatoms. The molecule has 0 radical (unpaired) electrons. The summed E-state index contributed by atoms with van der Waals surface area (Å²) in [5, 5.41) is 0. The van der Waals surface area contributed by atoms with Gasteiger partial charge in [-0.25, -0.2) is 0 Å². The fourth-order valence-electron chi connectivity index (χ4n) is 0.855. The van der Waals surface area contributed by atoms with E-state index in [2.05, 4.69) is 0 Å². The van der Waals surface area contributed by atoms with E-state index in [9.17, 15) is 4.79 Å². The number of alkyl halides is 3. The fraction of sp³-hybridized carbons (Fsp3) is 0.833. The van der Waals surface area contributed by atoms with E-state index in [0.29, 0.717) is 6.61 Å². The van der Waals surface area contributed by atoms with Gasteiger partial charge in [0.2, 0.25) is 3.79 Å². The van der Waals surface area contributed by atoms with Crippen LogP contribution in [-0.2, 0) is 9.53 Å². The summed E-state index contributed by atoms with van der Waals surface area (Å²) in [6.45, 7) is 1.79. The van der Waals surface area contributed by atoms with E-state index in [1.54, 1.807) is 0 Å². The molecule has 1 aliphatic heterocycles. The Morgan fingerprint density at radius 1 is 1.64 bits per heavy atom. The number of carbonyl (C=O) groups excluding carboxylic acids is 1. The van der Waals surface area contributed by atoms with Crippen molar-refractivity contribution in [1.29, 1.82) is 0 Å². The highest BCUT2D eigenvalue weighted by Gasteiger charge is 2.60. The predicted octanol–water partition coefficient (Wildman–Crippen LogP) is 2.10. The zero-order chi connectivity index (χ0) is 8.70. The molecule has 0 aromatic heterocycles. The first-order chi connectivity index (χ1) is 4.87. The lowest BCUT2D eigenvalue weighted by Gasteiger charge is -2.18. The van der Waals surface area contributed by atoms with Crippen molar-refractivity contribution in [2.24, 2.45) is 0 Å². The van der Waals surface area contributed by atoms with Gasteiger partial charge in [-0.05, 0) is 6.92 Å². The Balaban J connectivity index is 2.61. The summed E-state index contributed by atoms with van der Waals surface area (Å²) in [5.74, 6) is -0.0335. The van der Waals surface area contributed by atoms with Crippen molar-refractivity contribution >= 4 is 40.6 Å². The van der Waals surface area contributed by atoms with E-state index in [0.717, 1.165) is 0 Å². The topological polar surface area (TPSA) is 29.6 Å². The van der Waals surface area contributed by atoms with Crippen LogP contribution in [0.25, 0.3) is 0 Å². The molecular formula is C6H7Cl3O2. The second-order valence-corrected chi connectivity index (χ2v) is 4.94. The number of hydrogen-bond donors (Lipinski definition) is 0. The van der Waals surface area contributed by atoms with Gasteiger partial charge >= 0.3 is 0 Å². The molecular weight excluding hydrogens is 210 g/mol. The summed E-state index contributed by atoms with van der Waals surface area (Å²) in [6, 6.07) is 0. The zero-order valence-corrected chi connectivity index (χ0v) is 8.13. The van der Waals surface area contributed by atoms with Crippen LogP contribution < -0.4 is 0 Å². The van der Waals surface area contributed by atoms with Crippen molar-refractivity contribution < 1.29 is 9.53 Å². The molecule has 0 saturated carbocycles. The van der Waals surface area contributed by atoms with Crippen LogP contribution in [0.2, 0.25) is 0 Å². The van der Waals surface area contributed by atoms with Crippen molar-refractivity contribution in [1.82, 2.24) is 0 Å². The van der Waals surface area contributed by atoms with Gasteiger partial charge in [0, 0.05) is 6.42 Å². The lowest BCUT2D eigenvalue weighted by atomic mass is 10.1. The average Bonchev–Trinajstić information content (AvgIpc) is 2.42. The molecule has 1 rings (SSSR count). The molecule has 1 fully saturated rings. The summed E-state index contributed by atoms with van der Waals surface area (Å²) < 4.78 is 3.47. The van der Waals surface area contributed by atoms with Crippen molar-refractivity contribution in [3.8, 4) is 0 Å². The molecule has 0 spiro atoms. The Morgan fingerprint density at radius 2 is 2.09 bits per heavy atom. The molecule has 0 amide bonds. The van der Waals surface area contributed by atoms with Gasteiger partial charge in [-0.1, -0.05) is 34.8 Å². The molecule has 0 N–H and O–H groups in total. The molecule has 0 aliphatic carbocycles. The summed E-state index contributed by atoms with van der Waals surface area (Å²) >= 11 is 16.8. The Bertz CT molecular complexity index is 181. The lowest BCUT2D eigenvalue weighted by molar-refractivity contribution is -0.118. The highest BCUT2D eigenvalue weighted by molar-refractivity contribution is 6.68. The van der Waals surface area contributed by atoms with Crippen molar-refractivity contribution in [3.63, 3.8) is 0 Å². The number of ketones is 1. The van der Waals surface area contributed by atoms with Crippen LogP contribution in [-0.4, -0.2) is 21.8 Å². The summed E-state index contributed by atoms with van der Waals surface area (Å²) in [4.78, 5) is 10.7. The quantitative estimate of drug-likeness (QED) is 0.524. The first-order valence-electron chi connectivity index (χ1n) is 3.07. The summed E-state index contributed by atoms with van der Waals surface area (Å²) in [7, 11) is 0. The van der Waals surface area contributed by atoms with Crippen LogP contribution in [0.1, 0.15) is 13.3 Å². The maximum absolute atomic E-state index is 10.7. The number of hydrogen-bond acceptors (Lipinski definition) is 2. The van der Waals surface area contributed by atoms with Crippen LogP contribution >= 0.6 is 34.8 Å². The Labute approximate surface area is 79.7 Å². The van der Waals surface area contributed by atoms with E-state index < -0.39 is 9.39 Å². The average molecular weight is 217 g/mol. The van der Waals surface area contributed by atoms with E-state index in [-0.39, 0.29) is 12.2 Å². The van der Waals surface area contributed by atoms with E-state index in [1.807, 2.05) is 0 Å². The summed E-state index contributed by atoms with van der Waals surface area (Å²) in [5.41, 5.74) is -0.844. The Morgan fingerprint density at radius 3 is 2.18 bits per heavy atom. The third kappa shape index (κ3) is 2.00. The van der Waals surface area contributed by atoms with Gasteiger partial charge in [0.1, 0.15) is 11.4 Å². The molecule has 11 heavy (non-hydrogen) atoms. The summed E-state index contributed by atoms with van der Waals surface area (Å²) in [6.07, 6.45) is 0.170. The zero-order valence-electron chi connectivity index (χ0n) is 5.86. The van der Waals surface area contributed by atoms with Gasteiger partial charge in [0.25, 0.3) is 0 Å². The minimum Gasteiger partial charge on any atom is -0.364 e. The van der Waals surface area contributed by atoms with Crippen molar-refractivity contribution in [3.05, 3.63) is 0 Å². The molecule has 0 bridgehead atoms. The highest BCUT2D eigenvalue weighted by atomic mass is 35.6. The Hall–Kier alpha value is 0.500. The number of epoxide rings is 1. The molecule has 2 nitrogen and oxygen atoms in total. The Kier molecular flexibility index (Phi) is 2.41. The second-order valence-electron chi connectivity index (χ2n) is 2.66. The third-order valence-corrected chi connectivity index (χ3v) is 2.58. The normalized spacial score (nSPS) is 30.2. The van der Waals surface area contributed by atoms with Crippen LogP contribution in [0.3, 0.4) is 0 Å². The van der Waals surface area contributed by atoms with Crippen LogP contribution in [0, 0.1) is 0 Å². The maximum atomic E-state index is 10.7. The van der Waals surface area contributed by atoms with Crippen LogP contribution in [0.4, 0.5) is 0 Å². The molecule has 1 saturated heterocycles. The smallest absolute Gasteiger partial charge is 0.221 e. The molecule has 1 heterocycles. The predicted molar refractivity (Wildman–Crippen MR) is 44.3 cm³/mol. The van der Waals surface area contributed by atoms with Gasteiger partial charge in [-0.15, -0.1) is 0 Å². The first-order valence-corrected chi connectivity index (χ1v) is 4.21. The molecule has 1 unspecified atom stereocenters. The van der Waals surface area contributed by atoms with Gasteiger partial charge < -0.3 is 4.74 Å². The highest BCUT2D eigenvalue weighted by Crippen LogP contribution is 2.51. The van der Waals surface area contributed by atoms with E-state index >= 15 is 0 Å². The molecule has 64 valence electrons. The number of carbonyl (C=O) groups is 1. The molecule has 0 aromatic rings. The minimum absolute atomic E-state index is 0.0335. The maximum Gasteiger partial charge on any atom is 0.221 e. The van der Waals surface area contributed by atoms with Gasteiger partial charge in [-0.3, -0.25) is 4.79 Å². The number of rotatable bonds is 2. The van der Waals surface area contributed by atoms with E-state index in [1.165, 1.54) is 6.92 Å². The molecule has 1 aliphatic rings. The molecule has 0 aromatic carbocycles. The molecule has 1 atom stereocenters. The number of halogens is 3. The fourth-order valence-corrected chi connectivity index (χ4v) is 1.38. The largest absolute Gasteiger partial charge is 0.364 e. The van der Waals surface area contributed by atoms with Gasteiger partial charge in [-0.2, -0.15) is 0 Å². The minimum atomic E-state index is -1.49.